The fourth-order valence-electron chi connectivity index (χ4n) is 1.99. The summed E-state index contributed by atoms with van der Waals surface area (Å²) in [4.78, 5) is 1.41. The predicted octanol–water partition coefficient (Wildman–Crippen LogP) is 3.99. The van der Waals surface area contributed by atoms with E-state index >= 15 is 0 Å². The van der Waals surface area contributed by atoms with E-state index in [9.17, 15) is 0 Å². The average Bonchev–Trinajstić information content (AvgIpc) is 2.70. The molecule has 2 heteroatoms. The number of hydrogen-bond acceptors (Lipinski definition) is 2. The van der Waals surface area contributed by atoms with Gasteiger partial charge < -0.3 is 5.73 Å². The quantitative estimate of drug-likeness (QED) is 0.852. The van der Waals surface area contributed by atoms with Gasteiger partial charge in [-0.05, 0) is 23.4 Å². The molecular weight excluding hydrogens is 214 g/mol. The van der Waals surface area contributed by atoms with Gasteiger partial charge in [0.15, 0.2) is 0 Å². The van der Waals surface area contributed by atoms with Crippen molar-refractivity contribution in [2.45, 2.75) is 32.7 Å². The van der Waals surface area contributed by atoms with Gasteiger partial charge in [-0.1, -0.05) is 39.0 Å². The van der Waals surface area contributed by atoms with Crippen LogP contribution in [-0.2, 0) is 0 Å². The Morgan fingerprint density at radius 2 is 1.81 bits per heavy atom. The van der Waals surface area contributed by atoms with E-state index in [0.29, 0.717) is 11.8 Å². The lowest BCUT2D eigenvalue weighted by atomic mass is 9.91. The molecule has 2 rings (SSSR count). The van der Waals surface area contributed by atoms with E-state index in [4.69, 9.17) is 5.73 Å². The Labute approximate surface area is 101 Å². The van der Waals surface area contributed by atoms with Crippen molar-refractivity contribution < 1.29 is 0 Å². The van der Waals surface area contributed by atoms with E-state index in [1.54, 1.807) is 0 Å². The third-order valence-electron chi connectivity index (χ3n) is 3.24. The van der Waals surface area contributed by atoms with E-state index in [0.717, 1.165) is 0 Å². The maximum absolute atomic E-state index is 6.22. The first-order valence-corrected chi connectivity index (χ1v) is 6.65. The first-order chi connectivity index (χ1) is 7.59. The molecule has 86 valence electrons. The van der Waals surface area contributed by atoms with Crippen LogP contribution in [0.4, 0.5) is 0 Å². The highest BCUT2D eigenvalue weighted by atomic mass is 32.1. The lowest BCUT2D eigenvalue weighted by Crippen LogP contribution is -2.31. The molecule has 1 nitrogen and oxygen atoms in total. The molecule has 1 heterocycles. The summed E-state index contributed by atoms with van der Waals surface area (Å²) in [7, 11) is 0. The normalized spacial score (nSPS) is 15.6. The highest BCUT2D eigenvalue weighted by molar-refractivity contribution is 7.19. The van der Waals surface area contributed by atoms with Crippen molar-refractivity contribution in [3.05, 3.63) is 35.2 Å². The largest absolute Gasteiger partial charge is 0.327 e. The zero-order valence-electron chi connectivity index (χ0n) is 10.1. The Kier molecular flexibility index (Phi) is 3.31. The molecule has 1 aromatic heterocycles. The smallest absolute Gasteiger partial charge is 0.0345 e. The van der Waals surface area contributed by atoms with Crippen molar-refractivity contribution in [2.75, 3.05) is 0 Å². The van der Waals surface area contributed by atoms with Crippen LogP contribution in [0.3, 0.4) is 0 Å². The van der Waals surface area contributed by atoms with Crippen LogP contribution in [0.15, 0.2) is 30.3 Å². The summed E-state index contributed by atoms with van der Waals surface area (Å²) in [5.74, 6) is 0.970. The maximum atomic E-state index is 6.22. The average molecular weight is 233 g/mol. The van der Waals surface area contributed by atoms with Crippen LogP contribution in [-0.4, -0.2) is 6.04 Å². The SMILES string of the molecule is CC(C)C(N)C(C)c1cc2ccccc2s1. The molecule has 2 aromatic rings. The second-order valence-electron chi connectivity index (χ2n) is 4.80. The number of benzene rings is 1. The molecule has 0 aliphatic carbocycles. The number of thiophene rings is 1. The maximum Gasteiger partial charge on any atom is 0.0345 e. The Morgan fingerprint density at radius 3 is 2.44 bits per heavy atom. The van der Waals surface area contributed by atoms with E-state index in [1.807, 2.05) is 11.3 Å². The first-order valence-electron chi connectivity index (χ1n) is 5.83. The third-order valence-corrected chi connectivity index (χ3v) is 4.56. The minimum absolute atomic E-state index is 0.244. The lowest BCUT2D eigenvalue weighted by molar-refractivity contribution is 0.438. The first kappa shape index (κ1) is 11.6. The van der Waals surface area contributed by atoms with Gasteiger partial charge >= 0.3 is 0 Å². The number of rotatable bonds is 3. The van der Waals surface area contributed by atoms with Crippen LogP contribution >= 0.6 is 11.3 Å². The molecule has 2 unspecified atom stereocenters. The van der Waals surface area contributed by atoms with Gasteiger partial charge in [-0.15, -0.1) is 11.3 Å². The molecule has 0 saturated heterocycles. The minimum Gasteiger partial charge on any atom is -0.327 e. The van der Waals surface area contributed by atoms with Gasteiger partial charge in [0.1, 0.15) is 0 Å². The minimum atomic E-state index is 0.244. The van der Waals surface area contributed by atoms with Crippen molar-refractivity contribution in [2.24, 2.45) is 11.7 Å². The van der Waals surface area contributed by atoms with Gasteiger partial charge in [-0.25, -0.2) is 0 Å². The van der Waals surface area contributed by atoms with Crippen LogP contribution in [0, 0.1) is 5.92 Å². The molecule has 16 heavy (non-hydrogen) atoms. The Hall–Kier alpha value is -0.860. The summed E-state index contributed by atoms with van der Waals surface area (Å²) in [5.41, 5.74) is 6.22. The van der Waals surface area contributed by atoms with Crippen LogP contribution in [0.1, 0.15) is 31.6 Å². The van der Waals surface area contributed by atoms with E-state index in [1.165, 1.54) is 15.0 Å². The lowest BCUT2D eigenvalue weighted by Gasteiger charge is -2.22. The zero-order valence-corrected chi connectivity index (χ0v) is 10.9. The van der Waals surface area contributed by atoms with Gasteiger partial charge in [0, 0.05) is 21.5 Å². The monoisotopic (exact) mass is 233 g/mol. The standard InChI is InChI=1S/C14H19NS/c1-9(2)14(15)10(3)13-8-11-6-4-5-7-12(11)16-13/h4-10,14H,15H2,1-3H3. The van der Waals surface area contributed by atoms with Gasteiger partial charge in [-0.2, -0.15) is 0 Å². The van der Waals surface area contributed by atoms with Gasteiger partial charge in [0.05, 0.1) is 0 Å². The van der Waals surface area contributed by atoms with Crippen molar-refractivity contribution in [1.82, 2.24) is 0 Å². The van der Waals surface area contributed by atoms with Crippen molar-refractivity contribution in [3.63, 3.8) is 0 Å². The summed E-state index contributed by atoms with van der Waals surface area (Å²) in [6.45, 7) is 6.61. The second kappa shape index (κ2) is 4.56. The Bertz CT molecular complexity index is 439. The third kappa shape index (κ3) is 2.13. The summed E-state index contributed by atoms with van der Waals surface area (Å²) < 4.78 is 1.36. The summed E-state index contributed by atoms with van der Waals surface area (Å²) in [5, 5.41) is 1.34. The Balaban J connectivity index is 2.33. The Morgan fingerprint density at radius 1 is 1.12 bits per heavy atom. The van der Waals surface area contributed by atoms with E-state index < -0.39 is 0 Å². The van der Waals surface area contributed by atoms with Gasteiger partial charge in [0.2, 0.25) is 0 Å². The van der Waals surface area contributed by atoms with Gasteiger partial charge in [-0.3, -0.25) is 0 Å². The highest BCUT2D eigenvalue weighted by Crippen LogP contribution is 2.33. The molecular formula is C14H19NS. The molecule has 0 bridgehead atoms. The van der Waals surface area contributed by atoms with Crippen molar-refractivity contribution >= 4 is 21.4 Å². The van der Waals surface area contributed by atoms with E-state index in [-0.39, 0.29) is 6.04 Å². The highest BCUT2D eigenvalue weighted by Gasteiger charge is 2.19. The number of fused-ring (bicyclic) bond motifs is 1. The molecule has 0 radical (unpaired) electrons. The summed E-state index contributed by atoms with van der Waals surface area (Å²) in [6, 6.07) is 11.1. The van der Waals surface area contributed by atoms with E-state index in [2.05, 4.69) is 51.1 Å². The molecule has 0 aliphatic heterocycles. The number of nitrogens with two attached hydrogens (primary N) is 1. The zero-order chi connectivity index (χ0) is 11.7. The molecule has 0 amide bonds. The molecule has 0 saturated carbocycles. The molecule has 2 N–H and O–H groups in total. The topological polar surface area (TPSA) is 26.0 Å². The van der Waals surface area contributed by atoms with Crippen molar-refractivity contribution in [3.8, 4) is 0 Å². The molecule has 1 aromatic carbocycles. The van der Waals surface area contributed by atoms with Gasteiger partial charge in [0.25, 0.3) is 0 Å². The molecule has 0 aliphatic rings. The molecule has 2 atom stereocenters. The fourth-order valence-corrected chi connectivity index (χ4v) is 3.17. The second-order valence-corrected chi connectivity index (χ2v) is 5.91. The van der Waals surface area contributed by atoms with Crippen molar-refractivity contribution in [1.29, 1.82) is 0 Å². The molecule has 0 fully saturated rings. The predicted molar refractivity (Wildman–Crippen MR) is 73.1 cm³/mol. The number of hydrogen-bond donors (Lipinski definition) is 1. The fraction of sp³-hybridized carbons (Fsp3) is 0.429. The van der Waals surface area contributed by atoms with Crippen LogP contribution < -0.4 is 5.73 Å². The summed E-state index contributed by atoms with van der Waals surface area (Å²) in [6.07, 6.45) is 0. The van der Waals surface area contributed by atoms with Crippen LogP contribution in [0.2, 0.25) is 0 Å². The summed E-state index contributed by atoms with van der Waals surface area (Å²) >= 11 is 1.87. The van der Waals surface area contributed by atoms with Crippen LogP contribution in [0.5, 0.6) is 0 Å². The van der Waals surface area contributed by atoms with Crippen LogP contribution in [0.25, 0.3) is 10.1 Å². The molecule has 0 spiro atoms.